The Morgan fingerprint density at radius 3 is 1.78 bits per heavy atom. The minimum absolute atomic E-state index is 0.00490. The molecule has 0 spiro atoms. The molecule has 25 nitrogen and oxygen atoms in total. The number of amides is 9. The lowest BCUT2D eigenvalue weighted by atomic mass is 9.97. The van der Waals surface area contributed by atoms with Gasteiger partial charge in [-0.15, -0.1) is 0 Å². The van der Waals surface area contributed by atoms with E-state index in [1.807, 2.05) is 6.92 Å². The van der Waals surface area contributed by atoms with Crippen LogP contribution < -0.4 is 53.6 Å². The summed E-state index contributed by atoms with van der Waals surface area (Å²) in [4.78, 5) is 134. The quantitative estimate of drug-likeness (QED) is 0.0313. The number of carboxylic acids is 1. The maximum atomic E-state index is 13.7. The topological polar surface area (TPSA) is 402 Å². The SMILES string of the molecule is CC[C@H](C)[C@H](N)C(=O)N[C@@H](C)C(=O)N[C@H](C(=O)N[C@@H](CS)C(=O)NCC(=O)N[C@@H](CCSC)C(=O)N[C@@H](CO)C(=O)N[C@H](C(=O)N[C@@H](Cc1c[nH]c2ccccc12)C(=O)N[C@@H](CO)C(=O)O)[C@@H](C)O)[C@@H](C)CC. The van der Waals surface area contributed by atoms with Crippen LogP contribution in [0.2, 0.25) is 0 Å². The average Bonchev–Trinajstić information content (AvgIpc) is 3.78. The lowest BCUT2D eigenvalue weighted by molar-refractivity contribution is -0.143. The van der Waals surface area contributed by atoms with Crippen molar-refractivity contribution < 1.29 is 68.4 Å². The summed E-state index contributed by atoms with van der Waals surface area (Å²) >= 11 is 5.49. The van der Waals surface area contributed by atoms with Crippen molar-refractivity contribution in [1.82, 2.24) is 52.8 Å². The van der Waals surface area contributed by atoms with E-state index in [0.717, 1.165) is 6.92 Å². The Morgan fingerprint density at radius 2 is 1.21 bits per heavy atom. The Hall–Kier alpha value is -6.00. The molecule has 0 bridgehead atoms. The van der Waals surface area contributed by atoms with Gasteiger partial charge in [0.05, 0.1) is 31.9 Å². The molecule has 1 aromatic carbocycles. The van der Waals surface area contributed by atoms with E-state index >= 15 is 0 Å². The number of rotatable bonds is 32. The van der Waals surface area contributed by atoms with E-state index in [1.54, 1.807) is 57.5 Å². The first-order valence-electron chi connectivity index (χ1n) is 23.7. The summed E-state index contributed by atoms with van der Waals surface area (Å²) in [5, 5.41) is 62.1. The van der Waals surface area contributed by atoms with Gasteiger partial charge >= 0.3 is 5.97 Å². The smallest absolute Gasteiger partial charge is 0.328 e. The molecule has 73 heavy (non-hydrogen) atoms. The maximum absolute atomic E-state index is 13.7. The first-order valence-corrected chi connectivity index (χ1v) is 25.7. The second-order valence-corrected chi connectivity index (χ2v) is 18.9. The molecule has 2 rings (SSSR count). The first-order chi connectivity index (χ1) is 34.5. The highest BCUT2D eigenvalue weighted by atomic mass is 32.2. The first kappa shape index (κ1) is 63.1. The van der Waals surface area contributed by atoms with Crippen molar-refractivity contribution in [2.45, 2.75) is 128 Å². The number of fused-ring (bicyclic) bond motifs is 1. The van der Waals surface area contributed by atoms with Crippen LogP contribution in [-0.2, 0) is 54.4 Å². The van der Waals surface area contributed by atoms with Crippen LogP contribution in [0.25, 0.3) is 10.9 Å². The summed E-state index contributed by atoms with van der Waals surface area (Å²) in [5.74, 6) is -9.99. The van der Waals surface area contributed by atoms with E-state index in [9.17, 15) is 68.4 Å². The molecule has 0 saturated heterocycles. The Kier molecular flexibility index (Phi) is 27.3. The number of para-hydroxylation sites is 1. The molecule has 0 aliphatic carbocycles. The number of thiol groups is 1. The van der Waals surface area contributed by atoms with Gasteiger partial charge in [0.2, 0.25) is 53.2 Å². The predicted octanol–water partition coefficient (Wildman–Crippen LogP) is -3.72. The minimum Gasteiger partial charge on any atom is -0.480 e. The molecule has 0 aliphatic heterocycles. The number of H-pyrrole nitrogens is 1. The number of nitrogens with two attached hydrogens (primary N) is 1. The normalized spacial score (nSPS) is 16.2. The number of hydrogen-bond donors (Lipinski definition) is 16. The second kappa shape index (κ2) is 31.6. The van der Waals surface area contributed by atoms with E-state index < -0.39 is 145 Å². The Bertz CT molecular complexity index is 2220. The highest BCUT2D eigenvalue weighted by Crippen LogP contribution is 2.20. The van der Waals surface area contributed by atoms with Crippen molar-refractivity contribution >= 4 is 94.4 Å². The number of nitrogens with one attached hydrogen (secondary N) is 10. The number of aromatic nitrogens is 1. The number of aliphatic hydroxyl groups excluding tert-OH is 3. The summed E-state index contributed by atoms with van der Waals surface area (Å²) < 4.78 is 0. The van der Waals surface area contributed by atoms with Gasteiger partial charge in [0, 0.05) is 29.3 Å². The van der Waals surface area contributed by atoms with Crippen molar-refractivity contribution in [1.29, 1.82) is 0 Å². The van der Waals surface area contributed by atoms with Crippen LogP contribution in [0.5, 0.6) is 0 Å². The zero-order valence-corrected chi connectivity index (χ0v) is 43.7. The fourth-order valence-corrected chi connectivity index (χ4v) is 7.67. The van der Waals surface area contributed by atoms with Gasteiger partial charge in [-0.25, -0.2) is 4.79 Å². The van der Waals surface area contributed by atoms with E-state index in [0.29, 0.717) is 35.1 Å². The van der Waals surface area contributed by atoms with Crippen molar-refractivity contribution in [2.24, 2.45) is 17.6 Å². The van der Waals surface area contributed by atoms with Crippen molar-refractivity contribution in [2.75, 3.05) is 37.5 Å². The van der Waals surface area contributed by atoms with Crippen LogP contribution in [0.4, 0.5) is 0 Å². The van der Waals surface area contributed by atoms with E-state index in [-0.39, 0.29) is 24.5 Å². The molecule has 16 N–H and O–H groups in total. The summed E-state index contributed by atoms with van der Waals surface area (Å²) in [6.45, 7) is 7.02. The molecule has 1 aromatic heterocycles. The van der Waals surface area contributed by atoms with Crippen LogP contribution in [0.1, 0.15) is 66.4 Å². The lowest BCUT2D eigenvalue weighted by Crippen LogP contribution is -2.62. The highest BCUT2D eigenvalue weighted by molar-refractivity contribution is 7.98. The summed E-state index contributed by atoms with van der Waals surface area (Å²) in [6.07, 6.45) is 2.50. The molecule has 0 radical (unpaired) electrons. The number of carbonyl (C=O) groups excluding carboxylic acids is 9. The monoisotopic (exact) mass is 1070 g/mol. The van der Waals surface area contributed by atoms with E-state index in [4.69, 9.17) is 5.73 Å². The second-order valence-electron chi connectivity index (χ2n) is 17.6. The van der Waals surface area contributed by atoms with Gasteiger partial charge in [-0.3, -0.25) is 43.2 Å². The fourth-order valence-electron chi connectivity index (χ4n) is 6.94. The van der Waals surface area contributed by atoms with Gasteiger partial charge in [0.1, 0.15) is 48.3 Å². The molecule has 2 aromatic rings. The lowest BCUT2D eigenvalue weighted by Gasteiger charge is -2.28. The molecular weight excluding hydrogens is 995 g/mol. The van der Waals surface area contributed by atoms with Crippen LogP contribution >= 0.6 is 24.4 Å². The van der Waals surface area contributed by atoms with Crippen LogP contribution in [0, 0.1) is 11.8 Å². The number of hydrogen-bond acceptors (Lipinski definition) is 16. The minimum atomic E-state index is -1.81. The van der Waals surface area contributed by atoms with Gasteiger partial charge < -0.3 is 79.0 Å². The van der Waals surface area contributed by atoms with Crippen molar-refractivity contribution in [3.05, 3.63) is 36.0 Å². The molecule has 0 fully saturated rings. The maximum Gasteiger partial charge on any atom is 0.328 e. The number of thioether (sulfide) groups is 1. The molecule has 0 aliphatic rings. The molecule has 408 valence electrons. The zero-order chi connectivity index (χ0) is 55.1. The zero-order valence-electron chi connectivity index (χ0n) is 42.0. The van der Waals surface area contributed by atoms with Crippen LogP contribution in [0.3, 0.4) is 0 Å². The number of aromatic amines is 1. The molecule has 0 unspecified atom stereocenters. The third-order valence-electron chi connectivity index (χ3n) is 12.0. The summed E-state index contributed by atoms with van der Waals surface area (Å²) in [7, 11) is 0. The van der Waals surface area contributed by atoms with Gasteiger partial charge in [-0.1, -0.05) is 58.7 Å². The number of carbonyl (C=O) groups is 10. The molecule has 12 atom stereocenters. The summed E-state index contributed by atoms with van der Waals surface area (Å²) in [6, 6.07) is -5.54. The Balaban J connectivity index is 2.14. The Labute approximate surface area is 433 Å². The molecule has 9 amide bonds. The largest absolute Gasteiger partial charge is 0.480 e. The van der Waals surface area contributed by atoms with Gasteiger partial charge in [-0.05, 0) is 55.7 Å². The number of aliphatic carboxylic acids is 1. The molecular formula is C46H73N11O14S2. The predicted molar refractivity (Wildman–Crippen MR) is 273 cm³/mol. The number of aliphatic hydroxyl groups is 3. The van der Waals surface area contributed by atoms with E-state index in [1.165, 1.54) is 18.7 Å². The molecule has 1 heterocycles. The standard InChI is InChI=1S/C46H73N11O14S2/c1-8-22(3)35(47)43(67)50-24(5)38(62)56-36(23(4)9-2)44(68)55-33(21-72)39(63)49-18-34(61)51-29(14-15-73-7)40(64)53-31(19-58)42(66)57-37(25(6)60)45(69)52-30(41(65)54-32(20-59)46(70)71)16-26-17-48-28-13-11-10-12-27(26)28/h10-13,17,22-25,29-33,35-37,48,58-60,72H,8-9,14-16,18-21,47H2,1-7H3,(H,49,63)(H,50,67)(H,51,61)(H,52,69)(H,53,64)(H,54,65)(H,55,68)(H,56,62)(H,57,66)(H,70,71)/t22-,23-,24-,25+,29-,30-,31-,32-,33-,35-,36-,37-/m0/s1. The van der Waals surface area contributed by atoms with E-state index in [2.05, 4.69) is 65.5 Å². The number of benzene rings is 1. The fraction of sp³-hybridized carbons (Fsp3) is 0.609. The van der Waals surface area contributed by atoms with Crippen molar-refractivity contribution in [3.63, 3.8) is 0 Å². The van der Waals surface area contributed by atoms with Crippen LogP contribution in [0.15, 0.2) is 30.5 Å². The van der Waals surface area contributed by atoms with Crippen molar-refractivity contribution in [3.8, 4) is 0 Å². The third kappa shape index (κ3) is 19.7. The number of carboxylic acid groups (broad SMARTS) is 1. The van der Waals surface area contributed by atoms with Crippen LogP contribution in [-0.4, -0.2) is 183 Å². The summed E-state index contributed by atoms with van der Waals surface area (Å²) in [5.41, 5.74) is 7.21. The van der Waals surface area contributed by atoms with Gasteiger partial charge in [-0.2, -0.15) is 24.4 Å². The highest BCUT2D eigenvalue weighted by Gasteiger charge is 2.36. The molecule has 0 saturated carbocycles. The third-order valence-corrected chi connectivity index (χ3v) is 13.0. The molecule has 27 heteroatoms. The Morgan fingerprint density at radius 1 is 0.658 bits per heavy atom. The van der Waals surface area contributed by atoms with Gasteiger partial charge in [0.25, 0.3) is 0 Å². The average molecular weight is 1070 g/mol. The van der Waals surface area contributed by atoms with Gasteiger partial charge in [0.15, 0.2) is 0 Å².